The second-order valence-corrected chi connectivity index (χ2v) is 3.28. The second-order valence-electron chi connectivity index (χ2n) is 2.63. The molecule has 1 N–H and O–H groups in total. The average molecular weight is 182 g/mol. The van der Waals surface area contributed by atoms with Gasteiger partial charge in [-0.25, -0.2) is 0 Å². The van der Waals surface area contributed by atoms with Gasteiger partial charge < -0.3 is 5.11 Å². The molecule has 0 bridgehead atoms. The number of carbonyl (C=O) groups excluding carboxylic acids is 1. The van der Waals surface area contributed by atoms with E-state index in [1.807, 2.05) is 12.1 Å². The first-order valence-corrected chi connectivity index (χ1v) is 4.32. The Balaban J connectivity index is 2.53. The van der Waals surface area contributed by atoms with Crippen molar-refractivity contribution < 1.29 is 9.90 Å². The fraction of sp³-hybridized carbons (Fsp3) is 0.222. The van der Waals surface area contributed by atoms with Crippen molar-refractivity contribution >= 4 is 14.8 Å². The normalized spacial score (nSPS) is 9.75. The highest BCUT2D eigenvalue weighted by atomic mass is 31.0. The smallest absolute Gasteiger partial charge is 0.148 e. The van der Waals surface area contributed by atoms with Crippen LogP contribution in [0.25, 0.3) is 0 Å². The fourth-order valence-electron chi connectivity index (χ4n) is 0.930. The third-order valence-corrected chi connectivity index (χ3v) is 1.89. The Morgan fingerprint density at radius 3 is 2.42 bits per heavy atom. The molecule has 1 aromatic rings. The zero-order valence-electron chi connectivity index (χ0n) is 6.66. The Morgan fingerprint density at radius 1 is 1.33 bits per heavy atom. The summed E-state index contributed by atoms with van der Waals surface area (Å²) in [5.74, 6) is 0.260. The molecule has 0 amide bonds. The van der Waals surface area contributed by atoms with E-state index in [9.17, 15) is 4.79 Å². The molecule has 0 aliphatic rings. The van der Waals surface area contributed by atoms with E-state index in [4.69, 9.17) is 5.11 Å². The summed E-state index contributed by atoms with van der Waals surface area (Å²) < 4.78 is 0. The van der Waals surface area contributed by atoms with Gasteiger partial charge in [-0.1, -0.05) is 21.4 Å². The van der Waals surface area contributed by atoms with Crippen LogP contribution in [0, 0.1) is 0 Å². The molecule has 0 saturated carbocycles. The number of rotatable bonds is 3. The van der Waals surface area contributed by atoms with Crippen molar-refractivity contribution in [2.24, 2.45) is 0 Å². The molecule has 12 heavy (non-hydrogen) atoms. The SMILES string of the molecule is O=C(P)CCc1ccc(O)cc1. The van der Waals surface area contributed by atoms with Crippen LogP contribution in [-0.2, 0) is 11.2 Å². The number of phenolic OH excluding ortho intramolecular Hbond substituents is 1. The van der Waals surface area contributed by atoms with E-state index >= 15 is 0 Å². The van der Waals surface area contributed by atoms with E-state index in [0.717, 1.165) is 12.0 Å². The molecule has 0 spiro atoms. The van der Waals surface area contributed by atoms with Crippen LogP contribution in [0.5, 0.6) is 5.75 Å². The molecular weight excluding hydrogens is 171 g/mol. The number of hydrogen-bond donors (Lipinski definition) is 1. The minimum Gasteiger partial charge on any atom is -0.508 e. The van der Waals surface area contributed by atoms with Gasteiger partial charge in [0.05, 0.1) is 0 Å². The number of carbonyl (C=O) groups is 1. The summed E-state index contributed by atoms with van der Waals surface area (Å²) in [4.78, 5) is 10.6. The van der Waals surface area contributed by atoms with Crippen LogP contribution >= 0.6 is 9.24 Å². The molecule has 64 valence electrons. The Kier molecular flexibility index (Phi) is 3.24. The van der Waals surface area contributed by atoms with Gasteiger partial charge in [0.1, 0.15) is 11.3 Å². The van der Waals surface area contributed by atoms with Crippen LogP contribution in [0.4, 0.5) is 0 Å². The summed E-state index contributed by atoms with van der Waals surface area (Å²) in [6.07, 6.45) is 1.28. The number of benzene rings is 1. The molecule has 1 atom stereocenters. The number of hydrogen-bond acceptors (Lipinski definition) is 2. The molecule has 3 heteroatoms. The lowest BCUT2D eigenvalue weighted by Crippen LogP contribution is -1.90. The van der Waals surface area contributed by atoms with Gasteiger partial charge in [0.25, 0.3) is 0 Å². The van der Waals surface area contributed by atoms with E-state index in [1.54, 1.807) is 12.1 Å². The lowest BCUT2D eigenvalue weighted by Gasteiger charge is -1.98. The maximum atomic E-state index is 10.6. The average Bonchev–Trinajstić information content (AvgIpc) is 2.03. The summed E-state index contributed by atoms with van der Waals surface area (Å²) in [6.45, 7) is 0. The molecule has 0 saturated heterocycles. The van der Waals surface area contributed by atoms with Gasteiger partial charge in [-0.05, 0) is 24.1 Å². The van der Waals surface area contributed by atoms with Crippen molar-refractivity contribution in [2.75, 3.05) is 0 Å². The predicted octanol–water partition coefficient (Wildman–Crippen LogP) is 1.73. The van der Waals surface area contributed by atoms with Crippen molar-refractivity contribution in [3.8, 4) is 5.75 Å². The Bertz CT molecular complexity index is 266. The first-order valence-electron chi connectivity index (χ1n) is 3.74. The maximum absolute atomic E-state index is 10.6. The van der Waals surface area contributed by atoms with Crippen LogP contribution in [0.3, 0.4) is 0 Å². The molecule has 0 aliphatic carbocycles. The molecule has 0 aromatic heterocycles. The van der Waals surface area contributed by atoms with E-state index in [1.165, 1.54) is 0 Å². The molecule has 1 rings (SSSR count). The summed E-state index contributed by atoms with van der Waals surface area (Å²) in [6, 6.07) is 6.90. The van der Waals surface area contributed by atoms with Gasteiger partial charge in [0.2, 0.25) is 0 Å². The quantitative estimate of drug-likeness (QED) is 0.723. The van der Waals surface area contributed by atoms with Gasteiger partial charge in [-0.15, -0.1) is 0 Å². The Labute approximate surface area is 73.8 Å². The lowest BCUT2D eigenvalue weighted by molar-refractivity contribution is -0.111. The highest BCUT2D eigenvalue weighted by Gasteiger charge is 1.96. The zero-order valence-corrected chi connectivity index (χ0v) is 7.81. The summed E-state index contributed by atoms with van der Waals surface area (Å²) in [5, 5.41) is 8.96. The first kappa shape index (κ1) is 9.21. The van der Waals surface area contributed by atoms with Crippen molar-refractivity contribution in [1.82, 2.24) is 0 Å². The van der Waals surface area contributed by atoms with Gasteiger partial charge in [-0.2, -0.15) is 0 Å². The minimum atomic E-state index is 0.114. The van der Waals surface area contributed by atoms with Crippen molar-refractivity contribution in [3.63, 3.8) is 0 Å². The van der Waals surface area contributed by atoms with Crippen molar-refractivity contribution in [2.45, 2.75) is 12.8 Å². The van der Waals surface area contributed by atoms with Crippen LogP contribution in [0.1, 0.15) is 12.0 Å². The van der Waals surface area contributed by atoms with Gasteiger partial charge in [0.15, 0.2) is 0 Å². The first-order chi connectivity index (χ1) is 5.68. The molecule has 0 heterocycles. The van der Waals surface area contributed by atoms with Crippen LogP contribution in [0.15, 0.2) is 24.3 Å². The maximum Gasteiger partial charge on any atom is 0.148 e. The van der Waals surface area contributed by atoms with E-state index < -0.39 is 0 Å². The molecule has 0 aliphatic heterocycles. The molecule has 0 fully saturated rings. The van der Waals surface area contributed by atoms with Crippen molar-refractivity contribution in [3.05, 3.63) is 29.8 Å². The Hall–Kier alpha value is -0.880. The summed E-state index contributed by atoms with van der Waals surface area (Å²) >= 11 is 0. The minimum absolute atomic E-state index is 0.114. The summed E-state index contributed by atoms with van der Waals surface area (Å²) in [5.41, 5.74) is 1.19. The lowest BCUT2D eigenvalue weighted by atomic mass is 10.1. The summed E-state index contributed by atoms with van der Waals surface area (Å²) in [7, 11) is 2.15. The van der Waals surface area contributed by atoms with Crippen LogP contribution in [0.2, 0.25) is 0 Å². The zero-order chi connectivity index (χ0) is 8.97. The van der Waals surface area contributed by atoms with Crippen LogP contribution < -0.4 is 0 Å². The number of aromatic hydroxyl groups is 1. The molecular formula is C9H11O2P. The van der Waals surface area contributed by atoms with Crippen LogP contribution in [-0.4, -0.2) is 10.6 Å². The third kappa shape index (κ3) is 3.02. The Morgan fingerprint density at radius 2 is 1.92 bits per heavy atom. The second kappa shape index (κ2) is 4.22. The molecule has 0 radical (unpaired) electrons. The number of phenols is 1. The molecule has 1 unspecified atom stereocenters. The predicted molar refractivity (Wildman–Crippen MR) is 51.1 cm³/mol. The third-order valence-electron chi connectivity index (χ3n) is 1.60. The highest BCUT2D eigenvalue weighted by molar-refractivity contribution is 7.40. The van der Waals surface area contributed by atoms with Gasteiger partial charge in [0, 0.05) is 6.42 Å². The van der Waals surface area contributed by atoms with E-state index in [-0.39, 0.29) is 11.3 Å². The van der Waals surface area contributed by atoms with Crippen molar-refractivity contribution in [1.29, 1.82) is 0 Å². The largest absolute Gasteiger partial charge is 0.508 e. The fourth-order valence-corrected chi connectivity index (χ4v) is 1.07. The molecule has 1 aromatic carbocycles. The van der Waals surface area contributed by atoms with Gasteiger partial charge in [-0.3, -0.25) is 4.79 Å². The van der Waals surface area contributed by atoms with E-state index in [0.29, 0.717) is 6.42 Å². The molecule has 2 nitrogen and oxygen atoms in total. The highest BCUT2D eigenvalue weighted by Crippen LogP contribution is 2.11. The number of aryl methyl sites for hydroxylation is 1. The van der Waals surface area contributed by atoms with E-state index in [2.05, 4.69) is 9.24 Å². The van der Waals surface area contributed by atoms with Gasteiger partial charge >= 0.3 is 0 Å². The monoisotopic (exact) mass is 182 g/mol. The standard InChI is InChI=1S/C9H11O2P/c10-8-4-1-7(2-5-8)3-6-9(11)12/h1-2,4-5,10H,3,6,12H2. The topological polar surface area (TPSA) is 37.3 Å².